The predicted octanol–water partition coefficient (Wildman–Crippen LogP) is 1.94. The SMILES string of the molecule is C=C(Br)CNS(=O)(=O)c1cc(C(=O)O)sc1C. The first kappa shape index (κ1) is 14.4. The number of carboxylic acid groups (broad SMARTS) is 1. The van der Waals surface area contributed by atoms with E-state index in [2.05, 4.69) is 27.2 Å². The summed E-state index contributed by atoms with van der Waals surface area (Å²) in [5.41, 5.74) is 0. The number of nitrogens with one attached hydrogen (secondary N) is 1. The van der Waals surface area contributed by atoms with Gasteiger partial charge in [-0.3, -0.25) is 0 Å². The molecule has 5 nitrogen and oxygen atoms in total. The highest BCUT2D eigenvalue weighted by Crippen LogP contribution is 2.25. The standard InChI is InChI=1S/C9H10BrNO4S2/c1-5(10)4-11-17(14,15)8-3-7(9(12)13)16-6(8)2/h3,11H,1,4H2,2H3,(H,12,13). The van der Waals surface area contributed by atoms with Crippen LogP contribution in [0.3, 0.4) is 0 Å². The van der Waals surface area contributed by atoms with Crippen LogP contribution < -0.4 is 4.72 Å². The van der Waals surface area contributed by atoms with E-state index < -0.39 is 16.0 Å². The predicted molar refractivity (Wildman–Crippen MR) is 69.3 cm³/mol. The molecule has 17 heavy (non-hydrogen) atoms. The highest BCUT2D eigenvalue weighted by atomic mass is 79.9. The van der Waals surface area contributed by atoms with Gasteiger partial charge in [0.2, 0.25) is 10.0 Å². The first-order valence-electron chi connectivity index (χ1n) is 4.40. The van der Waals surface area contributed by atoms with Crippen molar-refractivity contribution in [3.05, 3.63) is 26.9 Å². The second-order valence-corrected chi connectivity index (χ2v) is 7.29. The molecule has 2 N–H and O–H groups in total. The zero-order valence-corrected chi connectivity index (χ0v) is 12.1. The maximum atomic E-state index is 11.8. The summed E-state index contributed by atoms with van der Waals surface area (Å²) in [7, 11) is -3.69. The van der Waals surface area contributed by atoms with Crippen molar-refractivity contribution in [3.63, 3.8) is 0 Å². The maximum Gasteiger partial charge on any atom is 0.345 e. The minimum absolute atomic E-state index is 0.000503. The summed E-state index contributed by atoms with van der Waals surface area (Å²) in [6.07, 6.45) is 0. The molecule has 1 heterocycles. The number of thiophene rings is 1. The molecule has 0 amide bonds. The lowest BCUT2D eigenvalue weighted by Crippen LogP contribution is -2.24. The van der Waals surface area contributed by atoms with Gasteiger partial charge in [-0.05, 0) is 13.0 Å². The molecular weight excluding hydrogens is 330 g/mol. The lowest BCUT2D eigenvalue weighted by Gasteiger charge is -2.04. The third-order valence-corrected chi connectivity index (χ3v) is 4.80. The maximum absolute atomic E-state index is 11.8. The van der Waals surface area contributed by atoms with E-state index in [4.69, 9.17) is 5.11 Å². The molecule has 0 saturated heterocycles. The molecule has 0 atom stereocenters. The Morgan fingerprint density at radius 2 is 2.24 bits per heavy atom. The molecule has 0 aliphatic rings. The topological polar surface area (TPSA) is 83.5 Å². The smallest absolute Gasteiger partial charge is 0.345 e. The summed E-state index contributed by atoms with van der Waals surface area (Å²) in [4.78, 5) is 11.2. The zero-order valence-electron chi connectivity index (χ0n) is 8.86. The summed E-state index contributed by atoms with van der Waals surface area (Å²) in [6, 6.07) is 1.15. The van der Waals surface area contributed by atoms with Crippen LogP contribution in [0.25, 0.3) is 0 Å². The normalized spacial score (nSPS) is 11.4. The largest absolute Gasteiger partial charge is 0.477 e. The van der Waals surface area contributed by atoms with Crippen molar-refractivity contribution in [2.24, 2.45) is 0 Å². The van der Waals surface area contributed by atoms with Crippen LogP contribution in [-0.4, -0.2) is 26.0 Å². The van der Waals surface area contributed by atoms with Crippen LogP contribution in [-0.2, 0) is 10.0 Å². The summed E-state index contributed by atoms with van der Waals surface area (Å²) in [6.45, 7) is 5.13. The van der Waals surface area contributed by atoms with Crippen molar-refractivity contribution in [1.82, 2.24) is 4.72 Å². The Hall–Kier alpha value is -0.700. The van der Waals surface area contributed by atoms with Gasteiger partial charge in [-0.15, -0.1) is 11.3 Å². The number of carbonyl (C=O) groups is 1. The molecule has 0 fully saturated rings. The molecule has 0 aliphatic heterocycles. The van der Waals surface area contributed by atoms with Crippen LogP contribution in [0.5, 0.6) is 0 Å². The number of hydrogen-bond donors (Lipinski definition) is 2. The van der Waals surface area contributed by atoms with Crippen molar-refractivity contribution >= 4 is 43.3 Å². The third-order valence-electron chi connectivity index (χ3n) is 1.83. The monoisotopic (exact) mass is 339 g/mol. The van der Waals surface area contributed by atoms with Gasteiger partial charge < -0.3 is 5.11 Å². The summed E-state index contributed by atoms with van der Waals surface area (Å²) >= 11 is 3.96. The van der Waals surface area contributed by atoms with E-state index in [-0.39, 0.29) is 16.3 Å². The van der Waals surface area contributed by atoms with E-state index >= 15 is 0 Å². The van der Waals surface area contributed by atoms with E-state index in [1.165, 1.54) is 0 Å². The van der Waals surface area contributed by atoms with Gasteiger partial charge in [-0.1, -0.05) is 22.5 Å². The Labute approximate surface area is 111 Å². The van der Waals surface area contributed by atoms with Crippen LogP contribution in [0.1, 0.15) is 14.5 Å². The molecule has 0 aromatic carbocycles. The van der Waals surface area contributed by atoms with Crippen LogP contribution in [0, 0.1) is 6.92 Å². The molecule has 0 aliphatic carbocycles. The van der Waals surface area contributed by atoms with Gasteiger partial charge in [-0.25, -0.2) is 17.9 Å². The van der Waals surface area contributed by atoms with Crippen molar-refractivity contribution < 1.29 is 18.3 Å². The minimum Gasteiger partial charge on any atom is -0.477 e. The minimum atomic E-state index is -3.69. The average Bonchev–Trinajstić information content (AvgIpc) is 2.58. The Balaban J connectivity index is 3.07. The van der Waals surface area contributed by atoms with Gasteiger partial charge in [0.25, 0.3) is 0 Å². The van der Waals surface area contributed by atoms with Gasteiger partial charge in [0.1, 0.15) is 4.88 Å². The average molecular weight is 340 g/mol. The fourth-order valence-corrected chi connectivity index (χ4v) is 3.87. The molecular formula is C9H10BrNO4S2. The van der Waals surface area contributed by atoms with Crippen LogP contribution in [0.4, 0.5) is 0 Å². The zero-order chi connectivity index (χ0) is 13.2. The van der Waals surface area contributed by atoms with Gasteiger partial charge in [0.15, 0.2) is 0 Å². The first-order valence-corrected chi connectivity index (χ1v) is 7.50. The summed E-state index contributed by atoms with van der Waals surface area (Å²) in [5.74, 6) is -1.13. The molecule has 0 radical (unpaired) electrons. The molecule has 8 heteroatoms. The molecule has 0 bridgehead atoms. The van der Waals surface area contributed by atoms with Crippen molar-refractivity contribution in [2.45, 2.75) is 11.8 Å². The quantitative estimate of drug-likeness (QED) is 0.858. The Morgan fingerprint density at radius 3 is 2.65 bits per heavy atom. The number of aryl methyl sites for hydroxylation is 1. The molecule has 0 saturated carbocycles. The highest BCUT2D eigenvalue weighted by Gasteiger charge is 2.21. The van der Waals surface area contributed by atoms with E-state index in [1.54, 1.807) is 6.92 Å². The molecule has 1 aromatic rings. The van der Waals surface area contributed by atoms with Gasteiger partial charge in [0.05, 0.1) is 4.90 Å². The van der Waals surface area contributed by atoms with E-state index in [1.807, 2.05) is 0 Å². The number of carboxylic acids is 1. The fourth-order valence-electron chi connectivity index (χ4n) is 1.09. The second kappa shape index (κ2) is 5.30. The van der Waals surface area contributed by atoms with Crippen LogP contribution in [0.2, 0.25) is 0 Å². The molecule has 0 spiro atoms. The molecule has 94 valence electrons. The second-order valence-electron chi connectivity index (χ2n) is 3.18. The van der Waals surface area contributed by atoms with E-state index in [0.29, 0.717) is 9.36 Å². The Morgan fingerprint density at radius 1 is 1.65 bits per heavy atom. The Kier molecular flexibility index (Phi) is 4.48. The number of hydrogen-bond acceptors (Lipinski definition) is 4. The third kappa shape index (κ3) is 3.63. The van der Waals surface area contributed by atoms with E-state index in [9.17, 15) is 13.2 Å². The van der Waals surface area contributed by atoms with E-state index in [0.717, 1.165) is 17.4 Å². The fraction of sp³-hybridized carbons (Fsp3) is 0.222. The number of sulfonamides is 1. The van der Waals surface area contributed by atoms with Gasteiger partial charge in [-0.2, -0.15) is 0 Å². The number of aromatic carboxylic acids is 1. The molecule has 1 aromatic heterocycles. The van der Waals surface area contributed by atoms with Crippen molar-refractivity contribution in [2.75, 3.05) is 6.54 Å². The highest BCUT2D eigenvalue weighted by molar-refractivity contribution is 9.11. The molecule has 0 unspecified atom stereocenters. The van der Waals surface area contributed by atoms with Crippen molar-refractivity contribution in [3.8, 4) is 0 Å². The van der Waals surface area contributed by atoms with Gasteiger partial charge in [0, 0.05) is 15.9 Å². The van der Waals surface area contributed by atoms with Crippen molar-refractivity contribution in [1.29, 1.82) is 0 Å². The molecule has 1 rings (SSSR count). The first-order chi connectivity index (χ1) is 7.74. The number of halogens is 1. The van der Waals surface area contributed by atoms with Gasteiger partial charge >= 0.3 is 5.97 Å². The summed E-state index contributed by atoms with van der Waals surface area (Å²) < 4.78 is 26.5. The Bertz CT molecular complexity index is 562. The number of rotatable bonds is 5. The lowest BCUT2D eigenvalue weighted by atomic mass is 10.4. The lowest BCUT2D eigenvalue weighted by molar-refractivity contribution is 0.0702. The summed E-state index contributed by atoms with van der Waals surface area (Å²) in [5, 5.41) is 8.78. The van der Waals surface area contributed by atoms with Crippen LogP contribution in [0.15, 0.2) is 22.0 Å². The van der Waals surface area contributed by atoms with Crippen LogP contribution >= 0.6 is 27.3 Å².